The van der Waals surface area contributed by atoms with Crippen LogP contribution in [0.4, 0.5) is 0 Å². The summed E-state index contributed by atoms with van der Waals surface area (Å²) in [6.07, 6.45) is 10.5. The van der Waals surface area contributed by atoms with Crippen molar-refractivity contribution >= 4 is 0 Å². The molecule has 0 saturated heterocycles. The second kappa shape index (κ2) is 10.0. The second-order valence-electron chi connectivity index (χ2n) is 6.22. The highest BCUT2D eigenvalue weighted by Gasteiger charge is 2.14. The molecule has 0 aliphatic heterocycles. The molecule has 0 fully saturated rings. The molecule has 0 atom stereocenters. The standard InChI is InChI=1S/C20H34/c1-5-10-17(11-6-2)19-14-9-15-20(16-19)18(12-7-3)13-8-4/h9,14-18H,5-8,10-13H2,1-4H3. The van der Waals surface area contributed by atoms with Crippen LogP contribution in [-0.2, 0) is 0 Å². The molecule has 0 amide bonds. The minimum Gasteiger partial charge on any atom is -0.0654 e. The molecule has 0 aromatic heterocycles. The Hall–Kier alpha value is -0.780. The molecule has 1 aromatic rings. The molecule has 0 N–H and O–H groups in total. The largest absolute Gasteiger partial charge is 0.0654 e. The van der Waals surface area contributed by atoms with Crippen LogP contribution in [0, 0.1) is 0 Å². The zero-order chi connectivity index (χ0) is 14.8. The maximum absolute atomic E-state index is 2.52. The van der Waals surface area contributed by atoms with Crippen molar-refractivity contribution in [3.8, 4) is 0 Å². The van der Waals surface area contributed by atoms with Crippen molar-refractivity contribution in [3.63, 3.8) is 0 Å². The van der Waals surface area contributed by atoms with Crippen LogP contribution in [0.1, 0.15) is 102 Å². The number of hydrogen-bond donors (Lipinski definition) is 0. The molecule has 0 spiro atoms. The van der Waals surface area contributed by atoms with Gasteiger partial charge >= 0.3 is 0 Å². The van der Waals surface area contributed by atoms with Crippen LogP contribution in [0.5, 0.6) is 0 Å². The SMILES string of the molecule is CCCC(CCC)c1cccc(C(CCC)CCC)c1. The van der Waals surface area contributed by atoms with E-state index >= 15 is 0 Å². The summed E-state index contributed by atoms with van der Waals surface area (Å²) in [6.45, 7) is 9.24. The molecule has 0 bridgehead atoms. The summed E-state index contributed by atoms with van der Waals surface area (Å²) >= 11 is 0. The van der Waals surface area contributed by atoms with Gasteiger partial charge < -0.3 is 0 Å². The summed E-state index contributed by atoms with van der Waals surface area (Å²) in [5.74, 6) is 1.54. The summed E-state index contributed by atoms with van der Waals surface area (Å²) in [5.41, 5.74) is 3.17. The van der Waals surface area contributed by atoms with Gasteiger partial charge in [-0.3, -0.25) is 0 Å². The van der Waals surface area contributed by atoms with Crippen molar-refractivity contribution < 1.29 is 0 Å². The Morgan fingerprint density at radius 3 is 1.30 bits per heavy atom. The van der Waals surface area contributed by atoms with Gasteiger partial charge in [0.25, 0.3) is 0 Å². The molecular weight excluding hydrogens is 240 g/mol. The Bertz CT molecular complexity index is 310. The average molecular weight is 274 g/mol. The third-order valence-corrected chi connectivity index (χ3v) is 4.40. The number of benzene rings is 1. The maximum Gasteiger partial charge on any atom is -0.0162 e. The Kier molecular flexibility index (Phi) is 8.65. The lowest BCUT2D eigenvalue weighted by molar-refractivity contribution is 0.547. The third-order valence-electron chi connectivity index (χ3n) is 4.40. The molecule has 114 valence electrons. The van der Waals surface area contributed by atoms with Crippen molar-refractivity contribution in [3.05, 3.63) is 35.4 Å². The first kappa shape index (κ1) is 17.3. The molecule has 0 unspecified atom stereocenters. The molecule has 1 aromatic carbocycles. The zero-order valence-electron chi connectivity index (χ0n) is 14.1. The number of hydrogen-bond acceptors (Lipinski definition) is 0. The van der Waals surface area contributed by atoms with Crippen molar-refractivity contribution in [1.82, 2.24) is 0 Å². The minimum atomic E-state index is 0.772. The lowest BCUT2D eigenvalue weighted by Crippen LogP contribution is -2.03. The van der Waals surface area contributed by atoms with Gasteiger partial charge in [-0.2, -0.15) is 0 Å². The molecule has 20 heavy (non-hydrogen) atoms. The zero-order valence-corrected chi connectivity index (χ0v) is 14.1. The highest BCUT2D eigenvalue weighted by Crippen LogP contribution is 2.31. The number of rotatable bonds is 10. The third kappa shape index (κ3) is 5.31. The van der Waals surface area contributed by atoms with Crippen LogP contribution >= 0.6 is 0 Å². The van der Waals surface area contributed by atoms with Gasteiger partial charge in [-0.25, -0.2) is 0 Å². The smallest absolute Gasteiger partial charge is 0.0162 e. The van der Waals surface area contributed by atoms with E-state index in [-0.39, 0.29) is 0 Å². The van der Waals surface area contributed by atoms with Gasteiger partial charge in [0.1, 0.15) is 0 Å². The van der Waals surface area contributed by atoms with Gasteiger partial charge in [0.05, 0.1) is 0 Å². The van der Waals surface area contributed by atoms with E-state index in [0.29, 0.717) is 0 Å². The molecule has 0 heteroatoms. The topological polar surface area (TPSA) is 0 Å². The monoisotopic (exact) mass is 274 g/mol. The quantitative estimate of drug-likeness (QED) is 0.428. The Balaban J connectivity index is 2.90. The van der Waals surface area contributed by atoms with E-state index in [2.05, 4.69) is 52.0 Å². The fourth-order valence-corrected chi connectivity index (χ4v) is 3.42. The van der Waals surface area contributed by atoms with E-state index in [9.17, 15) is 0 Å². The van der Waals surface area contributed by atoms with Gasteiger partial charge in [0, 0.05) is 0 Å². The highest BCUT2D eigenvalue weighted by molar-refractivity contribution is 5.29. The van der Waals surface area contributed by atoms with E-state index in [1.54, 1.807) is 11.1 Å². The van der Waals surface area contributed by atoms with Gasteiger partial charge in [0.15, 0.2) is 0 Å². The van der Waals surface area contributed by atoms with Gasteiger partial charge in [-0.15, -0.1) is 0 Å². The second-order valence-corrected chi connectivity index (χ2v) is 6.22. The fraction of sp³-hybridized carbons (Fsp3) is 0.700. The Morgan fingerprint density at radius 2 is 1.00 bits per heavy atom. The maximum atomic E-state index is 2.52. The summed E-state index contributed by atoms with van der Waals surface area (Å²) in [5, 5.41) is 0. The van der Waals surface area contributed by atoms with Crippen LogP contribution < -0.4 is 0 Å². The van der Waals surface area contributed by atoms with Crippen LogP contribution in [-0.4, -0.2) is 0 Å². The first-order valence-corrected chi connectivity index (χ1v) is 8.86. The van der Waals surface area contributed by atoms with Crippen molar-refractivity contribution in [1.29, 1.82) is 0 Å². The molecule has 0 nitrogen and oxygen atoms in total. The van der Waals surface area contributed by atoms with Crippen molar-refractivity contribution in [2.45, 2.75) is 90.9 Å². The predicted octanol–water partition coefficient (Wildman–Crippen LogP) is 7.05. The molecular formula is C20H34. The lowest BCUT2D eigenvalue weighted by atomic mass is 9.85. The molecule has 0 radical (unpaired) electrons. The lowest BCUT2D eigenvalue weighted by Gasteiger charge is -2.20. The molecule has 0 heterocycles. The van der Waals surface area contributed by atoms with E-state index in [1.807, 2.05) is 0 Å². The van der Waals surface area contributed by atoms with Crippen LogP contribution in [0.2, 0.25) is 0 Å². The van der Waals surface area contributed by atoms with Crippen LogP contribution in [0.15, 0.2) is 24.3 Å². The summed E-state index contributed by atoms with van der Waals surface area (Å²) in [7, 11) is 0. The normalized spacial score (nSPS) is 11.5. The van der Waals surface area contributed by atoms with Crippen molar-refractivity contribution in [2.24, 2.45) is 0 Å². The molecule has 0 aliphatic rings. The average Bonchev–Trinajstić information content (AvgIpc) is 2.47. The van der Waals surface area contributed by atoms with E-state index < -0.39 is 0 Å². The Morgan fingerprint density at radius 1 is 0.650 bits per heavy atom. The molecule has 0 saturated carbocycles. The highest BCUT2D eigenvalue weighted by atomic mass is 14.2. The van der Waals surface area contributed by atoms with Crippen molar-refractivity contribution in [2.75, 3.05) is 0 Å². The van der Waals surface area contributed by atoms with Gasteiger partial charge in [0.2, 0.25) is 0 Å². The Labute approximate surface area is 127 Å². The first-order chi connectivity index (χ1) is 9.76. The van der Waals surface area contributed by atoms with E-state index in [1.165, 1.54) is 51.4 Å². The van der Waals surface area contributed by atoms with Gasteiger partial charge in [-0.1, -0.05) is 77.6 Å². The molecule has 0 aliphatic carbocycles. The predicted molar refractivity (Wildman–Crippen MR) is 91.6 cm³/mol. The fourth-order valence-electron chi connectivity index (χ4n) is 3.42. The van der Waals surface area contributed by atoms with E-state index in [4.69, 9.17) is 0 Å². The van der Waals surface area contributed by atoms with Crippen LogP contribution in [0.25, 0.3) is 0 Å². The van der Waals surface area contributed by atoms with Gasteiger partial charge in [-0.05, 0) is 48.6 Å². The van der Waals surface area contributed by atoms with Crippen LogP contribution in [0.3, 0.4) is 0 Å². The first-order valence-electron chi connectivity index (χ1n) is 8.86. The molecule has 1 rings (SSSR count). The van der Waals surface area contributed by atoms with E-state index in [0.717, 1.165) is 11.8 Å². The summed E-state index contributed by atoms with van der Waals surface area (Å²) in [4.78, 5) is 0. The minimum absolute atomic E-state index is 0.772. The summed E-state index contributed by atoms with van der Waals surface area (Å²) in [6, 6.07) is 9.52. The summed E-state index contributed by atoms with van der Waals surface area (Å²) < 4.78 is 0.